The van der Waals surface area contributed by atoms with Gasteiger partial charge in [-0.2, -0.15) is 5.10 Å². The first-order chi connectivity index (χ1) is 7.95. The molecule has 1 aromatic carbocycles. The Morgan fingerprint density at radius 2 is 1.81 bits per heavy atom. The van der Waals surface area contributed by atoms with Crippen molar-refractivity contribution in [1.82, 2.24) is 9.61 Å². The Hall–Kier alpha value is -1.87. The molecular formula is C13H8N2S. The molecule has 0 N–H and O–H groups in total. The molecule has 0 aliphatic carbocycles. The minimum atomic E-state index is 1.18. The molecule has 0 fully saturated rings. The van der Waals surface area contributed by atoms with Crippen molar-refractivity contribution in [2.24, 2.45) is 0 Å². The summed E-state index contributed by atoms with van der Waals surface area (Å²) in [6.45, 7) is 0. The lowest BCUT2D eigenvalue weighted by Crippen LogP contribution is -1.88. The standard InChI is InChI=1S/C13H8N2S/c1-2-4-10-9(3-1)11-5-7-14-15(11)12-6-8-16-13(10)12/h1-8H. The number of thiophene rings is 1. The summed E-state index contributed by atoms with van der Waals surface area (Å²) in [5.41, 5.74) is 2.38. The van der Waals surface area contributed by atoms with Crippen LogP contribution in [0.2, 0.25) is 0 Å². The highest BCUT2D eigenvalue weighted by Crippen LogP contribution is 2.32. The average molecular weight is 224 g/mol. The minimum absolute atomic E-state index is 1.18. The first kappa shape index (κ1) is 8.30. The van der Waals surface area contributed by atoms with E-state index in [1.165, 1.54) is 26.5 Å². The fourth-order valence-corrected chi connectivity index (χ4v) is 3.19. The SMILES string of the molecule is c1ccc2c(c1)c1sccc1n1nccc21. The third kappa shape index (κ3) is 0.888. The highest BCUT2D eigenvalue weighted by molar-refractivity contribution is 7.18. The number of nitrogens with zero attached hydrogens (tertiary/aromatic N) is 2. The average Bonchev–Trinajstić information content (AvgIpc) is 2.98. The van der Waals surface area contributed by atoms with Crippen LogP contribution in [0.3, 0.4) is 0 Å². The van der Waals surface area contributed by atoms with Crippen LogP contribution in [-0.2, 0) is 0 Å². The highest BCUT2D eigenvalue weighted by atomic mass is 32.1. The molecule has 0 saturated carbocycles. The molecular weight excluding hydrogens is 216 g/mol. The van der Waals surface area contributed by atoms with Crippen molar-refractivity contribution >= 4 is 37.8 Å². The number of hydrogen-bond donors (Lipinski definition) is 0. The Balaban J connectivity index is 2.51. The zero-order valence-electron chi connectivity index (χ0n) is 8.42. The maximum absolute atomic E-state index is 4.39. The molecule has 0 aliphatic heterocycles. The van der Waals surface area contributed by atoms with Gasteiger partial charge < -0.3 is 0 Å². The first-order valence-electron chi connectivity index (χ1n) is 5.17. The molecule has 0 amide bonds. The van der Waals surface area contributed by atoms with E-state index < -0.39 is 0 Å². The second-order valence-corrected chi connectivity index (χ2v) is 4.72. The van der Waals surface area contributed by atoms with Gasteiger partial charge >= 0.3 is 0 Å². The van der Waals surface area contributed by atoms with Gasteiger partial charge in [0, 0.05) is 10.8 Å². The van der Waals surface area contributed by atoms with Crippen molar-refractivity contribution < 1.29 is 0 Å². The van der Waals surface area contributed by atoms with Gasteiger partial charge in [-0.25, -0.2) is 4.52 Å². The number of benzene rings is 1. The van der Waals surface area contributed by atoms with Gasteiger partial charge in [0.25, 0.3) is 0 Å². The smallest absolute Gasteiger partial charge is 0.0839 e. The quantitative estimate of drug-likeness (QED) is 0.445. The molecule has 0 aliphatic rings. The topological polar surface area (TPSA) is 17.3 Å². The molecule has 3 heteroatoms. The summed E-state index contributed by atoms with van der Waals surface area (Å²) in [6.07, 6.45) is 1.86. The zero-order valence-corrected chi connectivity index (χ0v) is 9.24. The Morgan fingerprint density at radius 1 is 0.938 bits per heavy atom. The van der Waals surface area contributed by atoms with Crippen LogP contribution in [0.4, 0.5) is 0 Å². The maximum Gasteiger partial charge on any atom is 0.0839 e. The van der Waals surface area contributed by atoms with Crippen LogP contribution >= 0.6 is 11.3 Å². The van der Waals surface area contributed by atoms with E-state index in [1.54, 1.807) is 11.3 Å². The molecule has 3 aromatic heterocycles. The molecule has 3 heterocycles. The zero-order chi connectivity index (χ0) is 10.5. The lowest BCUT2D eigenvalue weighted by Gasteiger charge is -2.03. The summed E-state index contributed by atoms with van der Waals surface area (Å²) in [6, 6.07) is 12.7. The van der Waals surface area contributed by atoms with Crippen molar-refractivity contribution in [1.29, 1.82) is 0 Å². The van der Waals surface area contributed by atoms with Crippen LogP contribution in [0.1, 0.15) is 0 Å². The van der Waals surface area contributed by atoms with E-state index in [1.807, 2.05) is 10.7 Å². The van der Waals surface area contributed by atoms with Crippen molar-refractivity contribution in [2.45, 2.75) is 0 Å². The molecule has 0 radical (unpaired) electrons. The number of fused-ring (bicyclic) bond motifs is 6. The van der Waals surface area contributed by atoms with E-state index in [-0.39, 0.29) is 0 Å². The van der Waals surface area contributed by atoms with E-state index in [4.69, 9.17) is 0 Å². The normalized spacial score (nSPS) is 11.8. The van der Waals surface area contributed by atoms with Gasteiger partial charge in [0.15, 0.2) is 0 Å². The Bertz CT molecular complexity index is 741. The second-order valence-electron chi connectivity index (χ2n) is 3.81. The molecule has 76 valence electrons. The van der Waals surface area contributed by atoms with Crippen molar-refractivity contribution in [2.75, 3.05) is 0 Å². The highest BCUT2D eigenvalue weighted by Gasteiger charge is 2.08. The fraction of sp³-hybridized carbons (Fsp3) is 0. The Labute approximate surface area is 95.7 Å². The summed E-state index contributed by atoms with van der Waals surface area (Å²) in [5.74, 6) is 0. The predicted molar refractivity (Wildman–Crippen MR) is 68.1 cm³/mol. The third-order valence-electron chi connectivity index (χ3n) is 2.96. The van der Waals surface area contributed by atoms with Gasteiger partial charge in [0.05, 0.1) is 21.9 Å². The molecule has 16 heavy (non-hydrogen) atoms. The molecule has 0 bridgehead atoms. The summed E-state index contributed by atoms with van der Waals surface area (Å²) in [7, 11) is 0. The van der Waals surface area contributed by atoms with Crippen LogP contribution in [0, 0.1) is 0 Å². The lowest BCUT2D eigenvalue weighted by molar-refractivity contribution is 1.01. The predicted octanol–water partition coefficient (Wildman–Crippen LogP) is 3.70. The van der Waals surface area contributed by atoms with Crippen LogP contribution in [0.25, 0.3) is 26.5 Å². The summed E-state index contributed by atoms with van der Waals surface area (Å²) in [5, 5.41) is 9.11. The first-order valence-corrected chi connectivity index (χ1v) is 6.05. The number of rotatable bonds is 0. The molecule has 2 nitrogen and oxygen atoms in total. The summed E-state index contributed by atoms with van der Waals surface area (Å²) in [4.78, 5) is 0. The Kier molecular flexibility index (Phi) is 1.47. The van der Waals surface area contributed by atoms with E-state index in [2.05, 4.69) is 46.9 Å². The van der Waals surface area contributed by atoms with Crippen LogP contribution < -0.4 is 0 Å². The summed E-state index contributed by atoms with van der Waals surface area (Å²) < 4.78 is 3.33. The van der Waals surface area contributed by atoms with Crippen molar-refractivity contribution in [3.05, 3.63) is 48.0 Å². The van der Waals surface area contributed by atoms with Crippen molar-refractivity contribution in [3.63, 3.8) is 0 Å². The molecule has 4 rings (SSSR count). The molecule has 0 unspecified atom stereocenters. The van der Waals surface area contributed by atoms with Crippen LogP contribution in [0.15, 0.2) is 48.0 Å². The van der Waals surface area contributed by atoms with Gasteiger partial charge in [-0.3, -0.25) is 0 Å². The van der Waals surface area contributed by atoms with Crippen LogP contribution in [0.5, 0.6) is 0 Å². The van der Waals surface area contributed by atoms with E-state index in [0.717, 1.165) is 0 Å². The van der Waals surface area contributed by atoms with Gasteiger partial charge in [0.1, 0.15) is 0 Å². The molecule has 0 spiro atoms. The largest absolute Gasteiger partial charge is 0.232 e. The fourth-order valence-electron chi connectivity index (χ4n) is 2.27. The Morgan fingerprint density at radius 3 is 2.75 bits per heavy atom. The second kappa shape index (κ2) is 2.83. The maximum atomic E-state index is 4.39. The van der Waals surface area contributed by atoms with Gasteiger partial charge in [-0.05, 0) is 17.5 Å². The molecule has 4 aromatic rings. The molecule has 0 atom stereocenters. The van der Waals surface area contributed by atoms with Gasteiger partial charge in [-0.1, -0.05) is 24.3 Å². The lowest BCUT2D eigenvalue weighted by atomic mass is 10.1. The van der Waals surface area contributed by atoms with E-state index >= 15 is 0 Å². The van der Waals surface area contributed by atoms with Crippen LogP contribution in [-0.4, -0.2) is 9.61 Å². The molecule has 0 saturated heterocycles. The van der Waals surface area contributed by atoms with E-state index in [9.17, 15) is 0 Å². The van der Waals surface area contributed by atoms with E-state index in [0.29, 0.717) is 0 Å². The number of aromatic nitrogens is 2. The van der Waals surface area contributed by atoms with Gasteiger partial charge in [-0.15, -0.1) is 11.3 Å². The monoisotopic (exact) mass is 224 g/mol. The van der Waals surface area contributed by atoms with Gasteiger partial charge in [0.2, 0.25) is 0 Å². The number of pyridine rings is 1. The number of hydrogen-bond acceptors (Lipinski definition) is 2. The van der Waals surface area contributed by atoms with Crippen molar-refractivity contribution in [3.8, 4) is 0 Å². The summed E-state index contributed by atoms with van der Waals surface area (Å²) >= 11 is 1.77. The minimum Gasteiger partial charge on any atom is -0.232 e. The third-order valence-corrected chi connectivity index (χ3v) is 3.90.